The quantitative estimate of drug-likeness (QED) is 0.181. The summed E-state index contributed by atoms with van der Waals surface area (Å²) >= 11 is 0. The van der Waals surface area contributed by atoms with Gasteiger partial charge in [-0.2, -0.15) is 9.89 Å². The van der Waals surface area contributed by atoms with Crippen LogP contribution in [-0.4, -0.2) is 75.3 Å². The van der Waals surface area contributed by atoms with Gasteiger partial charge in [-0.15, -0.1) is 0 Å². The number of imide groups is 1. The lowest BCUT2D eigenvalue weighted by molar-refractivity contribution is -0.136. The number of carboxylic acids is 1. The number of amidine groups is 1. The molecule has 0 fully saturated rings. The second kappa shape index (κ2) is 15.3. The molecule has 0 unspecified atom stereocenters. The number of carbonyl (C=O) groups excluding carboxylic acids is 5. The summed E-state index contributed by atoms with van der Waals surface area (Å²) < 4.78 is 16.2. The third-order valence-corrected chi connectivity index (χ3v) is 5.39. The molecule has 0 aliphatic carbocycles. The first kappa shape index (κ1) is 37.9. The first-order valence-electron chi connectivity index (χ1n) is 14.6. The van der Waals surface area contributed by atoms with E-state index in [0.29, 0.717) is 10.6 Å². The molecule has 0 heterocycles. The zero-order valence-corrected chi connectivity index (χ0v) is 28.0. The van der Waals surface area contributed by atoms with Crippen molar-refractivity contribution in [2.75, 3.05) is 11.9 Å². The van der Waals surface area contributed by atoms with E-state index < -0.39 is 58.7 Å². The van der Waals surface area contributed by atoms with Crippen molar-refractivity contribution in [3.8, 4) is 0 Å². The summed E-state index contributed by atoms with van der Waals surface area (Å²) in [6, 6.07) is 11.5. The number of nitrogens with one attached hydrogen (secondary N) is 2. The summed E-state index contributed by atoms with van der Waals surface area (Å²) in [6.07, 6.45) is -3.62. The van der Waals surface area contributed by atoms with Crippen LogP contribution in [0.2, 0.25) is 0 Å². The van der Waals surface area contributed by atoms with Crippen molar-refractivity contribution >= 4 is 47.6 Å². The van der Waals surface area contributed by atoms with Crippen molar-refractivity contribution in [3.63, 3.8) is 0 Å². The molecule has 254 valence electrons. The Kier molecular flexibility index (Phi) is 12.4. The highest BCUT2D eigenvalue weighted by Crippen LogP contribution is 2.20. The van der Waals surface area contributed by atoms with Gasteiger partial charge in [0.25, 0.3) is 11.8 Å². The van der Waals surface area contributed by atoms with Crippen molar-refractivity contribution in [2.45, 2.75) is 85.5 Å². The number of hydrogen-bond acceptors (Lipinski definition) is 9. The van der Waals surface area contributed by atoms with Crippen molar-refractivity contribution in [1.82, 2.24) is 10.2 Å². The molecule has 0 bridgehead atoms. The average molecular weight is 655 g/mol. The zero-order chi connectivity index (χ0) is 35.7. The highest BCUT2D eigenvalue weighted by molar-refractivity contribution is 6.18. The Morgan fingerprint density at radius 3 is 1.53 bits per heavy atom. The Morgan fingerprint density at radius 1 is 0.660 bits per heavy atom. The van der Waals surface area contributed by atoms with E-state index in [1.165, 1.54) is 48.5 Å². The van der Waals surface area contributed by atoms with E-state index in [0.717, 1.165) is 0 Å². The number of aliphatic imine (C=N–C) groups is 1. The first-order chi connectivity index (χ1) is 21.5. The van der Waals surface area contributed by atoms with Crippen LogP contribution in [0.15, 0.2) is 53.5 Å². The fourth-order valence-corrected chi connectivity index (χ4v) is 3.54. The number of anilines is 1. The average Bonchev–Trinajstić information content (AvgIpc) is 2.90. The van der Waals surface area contributed by atoms with Crippen LogP contribution in [0.1, 0.15) is 95.0 Å². The van der Waals surface area contributed by atoms with E-state index in [4.69, 9.17) is 19.3 Å². The molecule has 0 saturated heterocycles. The van der Waals surface area contributed by atoms with Gasteiger partial charge in [-0.1, -0.05) is 12.1 Å². The molecule has 3 N–H and O–H groups in total. The summed E-state index contributed by atoms with van der Waals surface area (Å²) in [4.78, 5) is 79.8. The lowest BCUT2D eigenvalue weighted by Gasteiger charge is -2.29. The van der Waals surface area contributed by atoms with E-state index >= 15 is 0 Å². The SMILES string of the molecule is CC(C)(C)OC(=O)N=C(c1ccc(C(=O)Nc2ccc(C(=O)NCCC(=O)O)cc2)cc1)N(C(=O)OC(C)(C)C)C(=O)OC(C)(C)C. The third kappa shape index (κ3) is 13.3. The predicted octanol–water partition coefficient (Wildman–Crippen LogP) is 6.00. The van der Waals surface area contributed by atoms with Crippen LogP contribution >= 0.6 is 0 Å². The highest BCUT2D eigenvalue weighted by Gasteiger charge is 2.36. The largest absolute Gasteiger partial charge is 0.481 e. The van der Waals surface area contributed by atoms with E-state index in [1.54, 1.807) is 62.3 Å². The maximum Gasteiger partial charge on any atom is 0.436 e. The van der Waals surface area contributed by atoms with Crippen molar-refractivity contribution in [3.05, 3.63) is 65.2 Å². The van der Waals surface area contributed by atoms with E-state index in [-0.39, 0.29) is 29.7 Å². The number of aliphatic carboxylic acids is 1. The van der Waals surface area contributed by atoms with Gasteiger partial charge in [-0.05, 0) is 98.7 Å². The summed E-state index contributed by atoms with van der Waals surface area (Å²) in [5, 5.41) is 13.9. The molecule has 2 aromatic carbocycles. The fraction of sp³-hybridized carbons (Fsp3) is 0.424. The van der Waals surface area contributed by atoms with Crippen molar-refractivity contribution in [1.29, 1.82) is 0 Å². The van der Waals surface area contributed by atoms with Crippen LogP contribution in [0.5, 0.6) is 0 Å². The lowest BCUT2D eigenvalue weighted by atomic mass is 10.1. The molecule has 0 aliphatic rings. The van der Waals surface area contributed by atoms with Gasteiger partial charge in [0.15, 0.2) is 5.84 Å². The van der Waals surface area contributed by atoms with Gasteiger partial charge in [-0.3, -0.25) is 14.4 Å². The van der Waals surface area contributed by atoms with E-state index in [2.05, 4.69) is 15.6 Å². The minimum atomic E-state index is -1.16. The topological polar surface area (TPSA) is 190 Å². The van der Waals surface area contributed by atoms with E-state index in [1.807, 2.05) is 0 Å². The molecular weight excluding hydrogens is 612 g/mol. The molecule has 0 aromatic heterocycles. The second-order valence-corrected chi connectivity index (χ2v) is 13.2. The monoisotopic (exact) mass is 654 g/mol. The molecule has 14 heteroatoms. The number of ether oxygens (including phenoxy) is 3. The second-order valence-electron chi connectivity index (χ2n) is 13.2. The molecule has 0 spiro atoms. The zero-order valence-electron chi connectivity index (χ0n) is 28.0. The van der Waals surface area contributed by atoms with Gasteiger partial charge >= 0.3 is 24.2 Å². The maximum absolute atomic E-state index is 13.3. The van der Waals surface area contributed by atoms with Gasteiger partial charge in [0.2, 0.25) is 0 Å². The van der Waals surface area contributed by atoms with E-state index in [9.17, 15) is 28.8 Å². The molecular formula is C33H42N4O10. The third-order valence-electron chi connectivity index (χ3n) is 5.39. The normalized spacial score (nSPS) is 12.0. The Hall–Kier alpha value is -5.27. The molecule has 14 nitrogen and oxygen atoms in total. The highest BCUT2D eigenvalue weighted by atomic mass is 16.6. The minimum absolute atomic E-state index is 0.0276. The predicted molar refractivity (Wildman–Crippen MR) is 173 cm³/mol. The molecule has 0 aliphatic heterocycles. The Labute approximate surface area is 273 Å². The van der Waals surface area contributed by atoms with Gasteiger partial charge in [0.1, 0.15) is 16.8 Å². The van der Waals surface area contributed by atoms with Crippen molar-refractivity contribution < 1.29 is 48.1 Å². The lowest BCUT2D eigenvalue weighted by Crippen LogP contribution is -2.47. The molecule has 0 saturated carbocycles. The number of rotatable bonds is 7. The molecule has 0 radical (unpaired) electrons. The van der Waals surface area contributed by atoms with Gasteiger partial charge < -0.3 is 30.0 Å². The minimum Gasteiger partial charge on any atom is -0.481 e. The molecule has 47 heavy (non-hydrogen) atoms. The van der Waals surface area contributed by atoms with Crippen LogP contribution in [0.4, 0.5) is 20.1 Å². The number of amides is 5. The maximum atomic E-state index is 13.3. The van der Waals surface area contributed by atoms with Crippen LogP contribution in [0.3, 0.4) is 0 Å². The Bertz CT molecular complexity index is 1480. The Morgan fingerprint density at radius 2 is 1.09 bits per heavy atom. The Balaban J connectivity index is 2.41. The molecule has 2 aromatic rings. The molecule has 5 amide bonds. The van der Waals surface area contributed by atoms with Crippen LogP contribution in [0, 0.1) is 0 Å². The number of carboxylic acid groups (broad SMARTS) is 1. The summed E-state index contributed by atoms with van der Waals surface area (Å²) in [5.41, 5.74) is -2.11. The number of hydrogen-bond donors (Lipinski definition) is 3. The number of carbonyl (C=O) groups is 6. The van der Waals surface area contributed by atoms with Crippen LogP contribution in [0.25, 0.3) is 0 Å². The van der Waals surface area contributed by atoms with Gasteiger partial charge in [0, 0.05) is 28.9 Å². The summed E-state index contributed by atoms with van der Waals surface area (Å²) in [7, 11) is 0. The van der Waals surface area contributed by atoms with Gasteiger partial charge in [0.05, 0.1) is 6.42 Å². The van der Waals surface area contributed by atoms with Crippen LogP contribution in [-0.2, 0) is 19.0 Å². The summed E-state index contributed by atoms with van der Waals surface area (Å²) in [6.45, 7) is 14.4. The standard InChI is InChI=1S/C33H42N4O10/c1-31(2,3)45-28(42)36-25(37(29(43)46-32(4,5)6)30(44)47-33(7,8)9)20-10-12-22(13-11-20)27(41)35-23-16-14-21(15-17-23)26(40)34-19-18-24(38)39/h10-17H,18-19H2,1-9H3,(H,34,40)(H,35,41)(H,38,39). The van der Waals surface area contributed by atoms with Crippen LogP contribution < -0.4 is 10.6 Å². The smallest absolute Gasteiger partial charge is 0.436 e. The first-order valence-corrected chi connectivity index (χ1v) is 14.6. The molecule has 0 atom stereocenters. The summed E-state index contributed by atoms with van der Waals surface area (Å²) in [5.74, 6) is -2.48. The van der Waals surface area contributed by atoms with Gasteiger partial charge in [-0.25, -0.2) is 14.4 Å². The fourth-order valence-electron chi connectivity index (χ4n) is 3.54. The number of benzene rings is 2. The molecule has 2 rings (SSSR count). The van der Waals surface area contributed by atoms with Crippen molar-refractivity contribution in [2.24, 2.45) is 4.99 Å². The number of nitrogens with zero attached hydrogens (tertiary/aromatic N) is 2.